The molecule has 4 rings (SSSR count). The number of nitrogens with zero attached hydrogens (tertiary/aromatic N) is 3. The zero-order valence-electron chi connectivity index (χ0n) is 14.9. The van der Waals surface area contributed by atoms with E-state index in [0.717, 1.165) is 54.0 Å². The highest BCUT2D eigenvalue weighted by molar-refractivity contribution is 5.85. The van der Waals surface area contributed by atoms with Crippen LogP contribution in [0.25, 0.3) is 16.8 Å². The molecule has 136 valence electrons. The average Bonchev–Trinajstić information content (AvgIpc) is 3.00. The highest BCUT2D eigenvalue weighted by Gasteiger charge is 2.33. The van der Waals surface area contributed by atoms with Crippen LogP contribution in [0.2, 0.25) is 0 Å². The first-order valence-corrected chi connectivity index (χ1v) is 9.21. The Kier molecular flexibility index (Phi) is 4.51. The Hall–Kier alpha value is -2.60. The van der Waals surface area contributed by atoms with Gasteiger partial charge in [-0.1, -0.05) is 25.5 Å². The smallest absolute Gasteiger partial charge is 0.150 e. The van der Waals surface area contributed by atoms with Crippen LogP contribution in [0.3, 0.4) is 0 Å². The number of aliphatic hydroxyl groups excluding tert-OH is 1. The lowest BCUT2D eigenvalue weighted by Crippen LogP contribution is -2.27. The molecule has 0 atom stereocenters. The Balaban J connectivity index is 1.75. The maximum atomic E-state index is 9.68. The summed E-state index contributed by atoms with van der Waals surface area (Å²) in [7, 11) is 0. The molecule has 26 heavy (non-hydrogen) atoms. The molecular weight excluding hydrogens is 328 g/mol. The number of nitrogens with two attached hydrogens (primary N) is 1. The van der Waals surface area contributed by atoms with E-state index in [-0.39, 0.29) is 12.0 Å². The van der Waals surface area contributed by atoms with E-state index >= 15 is 0 Å². The number of ether oxygens (including phenoxy) is 1. The van der Waals surface area contributed by atoms with Crippen LogP contribution < -0.4 is 10.5 Å². The molecule has 3 N–H and O–H groups in total. The number of hydrogen-bond donors (Lipinski definition) is 2. The van der Waals surface area contributed by atoms with Crippen LogP contribution >= 0.6 is 0 Å². The average molecular weight is 352 g/mol. The summed E-state index contributed by atoms with van der Waals surface area (Å²) in [5, 5.41) is 9.68. The van der Waals surface area contributed by atoms with Crippen molar-refractivity contribution in [2.75, 3.05) is 12.3 Å². The van der Waals surface area contributed by atoms with Crippen molar-refractivity contribution in [3.63, 3.8) is 0 Å². The van der Waals surface area contributed by atoms with Gasteiger partial charge in [-0.15, -0.1) is 0 Å². The fraction of sp³-hybridized carbons (Fsp3) is 0.400. The topological polar surface area (TPSA) is 85.7 Å². The van der Waals surface area contributed by atoms with Gasteiger partial charge in [0.05, 0.1) is 12.7 Å². The summed E-state index contributed by atoms with van der Waals surface area (Å²) in [6.45, 7) is 2.85. The molecule has 2 aromatic heterocycles. The molecule has 0 saturated heterocycles. The van der Waals surface area contributed by atoms with Gasteiger partial charge in [-0.05, 0) is 31.4 Å². The second kappa shape index (κ2) is 6.96. The van der Waals surface area contributed by atoms with Crippen molar-refractivity contribution in [3.05, 3.63) is 42.5 Å². The summed E-state index contributed by atoms with van der Waals surface area (Å²) < 4.78 is 7.85. The van der Waals surface area contributed by atoms with E-state index < -0.39 is 0 Å². The van der Waals surface area contributed by atoms with Gasteiger partial charge in [0, 0.05) is 23.9 Å². The van der Waals surface area contributed by atoms with Crippen LogP contribution in [0.4, 0.5) is 5.82 Å². The fourth-order valence-electron chi connectivity index (χ4n) is 3.44. The third-order valence-corrected chi connectivity index (χ3v) is 4.96. The molecule has 0 spiro atoms. The lowest BCUT2D eigenvalue weighted by atomic mass is 9.82. The fourth-order valence-corrected chi connectivity index (χ4v) is 3.44. The summed E-state index contributed by atoms with van der Waals surface area (Å²) >= 11 is 0. The summed E-state index contributed by atoms with van der Waals surface area (Å²) in [6, 6.07) is 7.95. The minimum Gasteiger partial charge on any atom is -0.494 e. The number of fused-ring (bicyclic) bond motifs is 1. The maximum Gasteiger partial charge on any atom is 0.150 e. The van der Waals surface area contributed by atoms with Gasteiger partial charge in [-0.25, -0.2) is 9.97 Å². The molecule has 6 nitrogen and oxygen atoms in total. The summed E-state index contributed by atoms with van der Waals surface area (Å²) in [5.41, 5.74) is 8.77. The van der Waals surface area contributed by atoms with Crippen LogP contribution in [-0.4, -0.2) is 32.2 Å². The predicted octanol–water partition coefficient (Wildman–Crippen LogP) is 3.40. The van der Waals surface area contributed by atoms with Crippen LogP contribution in [0.5, 0.6) is 5.75 Å². The minimum atomic E-state index is -0.231. The molecule has 0 aliphatic heterocycles. The molecule has 3 aromatic rings. The molecule has 1 fully saturated rings. The van der Waals surface area contributed by atoms with Crippen molar-refractivity contribution in [1.82, 2.24) is 14.4 Å². The first kappa shape index (κ1) is 16.8. The normalized spacial score (nSPS) is 19.5. The third kappa shape index (κ3) is 3.01. The second-order valence-electron chi connectivity index (χ2n) is 6.90. The molecule has 2 heterocycles. The molecule has 1 aromatic carbocycles. The molecule has 1 aliphatic carbocycles. The number of anilines is 1. The molecule has 0 amide bonds. The Morgan fingerprint density at radius 3 is 2.96 bits per heavy atom. The number of aromatic nitrogens is 3. The van der Waals surface area contributed by atoms with Gasteiger partial charge < -0.3 is 15.6 Å². The van der Waals surface area contributed by atoms with E-state index in [4.69, 9.17) is 15.5 Å². The number of rotatable bonds is 6. The van der Waals surface area contributed by atoms with E-state index in [1.807, 2.05) is 34.9 Å². The van der Waals surface area contributed by atoms with Crippen molar-refractivity contribution in [1.29, 1.82) is 0 Å². The number of hydrogen-bond acceptors (Lipinski definition) is 5. The predicted molar refractivity (Wildman–Crippen MR) is 101 cm³/mol. The van der Waals surface area contributed by atoms with Gasteiger partial charge in [0.1, 0.15) is 28.6 Å². The maximum absolute atomic E-state index is 9.68. The van der Waals surface area contributed by atoms with Gasteiger partial charge in [0.15, 0.2) is 0 Å². The Morgan fingerprint density at radius 2 is 2.19 bits per heavy atom. The third-order valence-electron chi connectivity index (χ3n) is 4.96. The Bertz CT molecular complexity index is 915. The van der Waals surface area contributed by atoms with Crippen molar-refractivity contribution in [3.8, 4) is 17.0 Å². The number of unbranched alkanes of at least 4 members (excludes halogenated alkanes) is 1. The quantitative estimate of drug-likeness (QED) is 0.664. The molecule has 1 aliphatic rings. The molecule has 1 saturated carbocycles. The molecular formula is C20H24N4O2. The molecule has 6 heteroatoms. The van der Waals surface area contributed by atoms with E-state index in [0.29, 0.717) is 12.4 Å². The lowest BCUT2D eigenvalue weighted by Gasteiger charge is -2.30. The summed E-state index contributed by atoms with van der Waals surface area (Å²) in [4.78, 5) is 9.14. The van der Waals surface area contributed by atoms with Gasteiger partial charge in [0.2, 0.25) is 0 Å². The summed E-state index contributed by atoms with van der Waals surface area (Å²) in [6.07, 6.45) is 6.96. The van der Waals surface area contributed by atoms with E-state index in [9.17, 15) is 5.11 Å². The van der Waals surface area contributed by atoms with Crippen molar-refractivity contribution < 1.29 is 9.84 Å². The van der Waals surface area contributed by atoms with Gasteiger partial charge in [-0.3, -0.25) is 4.40 Å². The highest BCUT2D eigenvalue weighted by atomic mass is 16.5. The van der Waals surface area contributed by atoms with Crippen molar-refractivity contribution in [2.24, 2.45) is 0 Å². The molecule has 0 unspecified atom stereocenters. The van der Waals surface area contributed by atoms with Gasteiger partial charge >= 0.3 is 0 Å². The molecule has 0 radical (unpaired) electrons. The van der Waals surface area contributed by atoms with Crippen molar-refractivity contribution >= 4 is 11.3 Å². The van der Waals surface area contributed by atoms with Crippen molar-refractivity contribution in [2.45, 2.75) is 44.6 Å². The van der Waals surface area contributed by atoms with Gasteiger partial charge in [-0.2, -0.15) is 0 Å². The highest BCUT2D eigenvalue weighted by Crippen LogP contribution is 2.39. The standard InChI is InChI=1S/C20H24N4O2/c1-2-3-9-26-16-6-4-5-13(12-16)17-18-19(21)22-7-8-24(18)20(23-17)14-10-15(25)11-14/h4-8,12,14-15,25H,2-3,9-11H2,1H3,(H2,21,22). The lowest BCUT2D eigenvalue weighted by molar-refractivity contribution is 0.0715. The number of imidazole rings is 1. The monoisotopic (exact) mass is 352 g/mol. The van der Waals surface area contributed by atoms with E-state index in [2.05, 4.69) is 11.9 Å². The number of benzene rings is 1. The second-order valence-corrected chi connectivity index (χ2v) is 6.90. The van der Waals surface area contributed by atoms with E-state index in [1.54, 1.807) is 6.20 Å². The Labute approximate surface area is 152 Å². The van der Waals surface area contributed by atoms with Gasteiger partial charge in [0.25, 0.3) is 0 Å². The van der Waals surface area contributed by atoms with Crippen LogP contribution in [0.15, 0.2) is 36.7 Å². The first-order valence-electron chi connectivity index (χ1n) is 9.21. The zero-order valence-corrected chi connectivity index (χ0v) is 14.9. The van der Waals surface area contributed by atoms with Crippen LogP contribution in [-0.2, 0) is 0 Å². The SMILES string of the molecule is CCCCOc1cccc(-c2nc(C3CC(O)C3)n3ccnc(N)c23)c1. The zero-order chi connectivity index (χ0) is 18.1. The van der Waals surface area contributed by atoms with Crippen LogP contribution in [0.1, 0.15) is 44.3 Å². The summed E-state index contributed by atoms with van der Waals surface area (Å²) in [5.74, 6) is 2.47. The van der Waals surface area contributed by atoms with E-state index in [1.165, 1.54) is 0 Å². The minimum absolute atomic E-state index is 0.231. The molecule has 0 bridgehead atoms. The first-order chi connectivity index (χ1) is 12.7. The number of nitrogen functional groups attached to an aromatic ring is 1. The Morgan fingerprint density at radius 1 is 1.35 bits per heavy atom. The largest absolute Gasteiger partial charge is 0.494 e. The number of aliphatic hydroxyl groups is 1. The van der Waals surface area contributed by atoms with Crippen LogP contribution in [0, 0.1) is 0 Å².